The van der Waals surface area contributed by atoms with Crippen molar-refractivity contribution >= 4 is 45.3 Å². The zero-order valence-electron chi connectivity index (χ0n) is 23.2. The van der Waals surface area contributed by atoms with Crippen LogP contribution < -0.4 is 5.32 Å². The molecule has 1 aliphatic heterocycles. The number of hydrogen-bond donors (Lipinski definition) is 1. The van der Waals surface area contributed by atoms with Gasteiger partial charge in [-0.1, -0.05) is 40.6 Å². The molecule has 0 saturated carbocycles. The third kappa shape index (κ3) is 12.4. The van der Waals surface area contributed by atoms with E-state index in [4.69, 9.17) is 19.2 Å². The number of nitrogens with zero attached hydrogens (tertiary/aromatic N) is 1. The highest BCUT2D eigenvalue weighted by molar-refractivity contribution is 9.11. The maximum atomic E-state index is 12.8. The lowest BCUT2D eigenvalue weighted by molar-refractivity contribution is -0.148. The van der Waals surface area contributed by atoms with E-state index in [1.54, 1.807) is 32.9 Å². The molecule has 1 aliphatic rings. The number of esters is 2. The van der Waals surface area contributed by atoms with Crippen molar-refractivity contribution in [1.29, 1.82) is 0 Å². The second kappa shape index (κ2) is 14.6. The number of aromatic nitrogens is 1. The van der Waals surface area contributed by atoms with Crippen molar-refractivity contribution in [3.8, 4) is 0 Å². The Morgan fingerprint density at radius 2 is 1.92 bits per heavy atom. The molecule has 2 bridgehead atoms. The van der Waals surface area contributed by atoms with Crippen molar-refractivity contribution in [2.24, 2.45) is 0 Å². The number of hydrogen-bond acceptors (Lipinski definition) is 8. The maximum absolute atomic E-state index is 12.8. The Morgan fingerprint density at radius 3 is 2.58 bits per heavy atom. The molecule has 0 unspecified atom stereocenters. The normalized spacial score (nSPS) is 26.9. The third-order valence-corrected chi connectivity index (χ3v) is 6.61. The number of allylic oxidation sites excluding steroid dienone is 3. The zero-order chi connectivity index (χ0) is 28.5. The number of cyclic esters (lactones) is 2. The Hall–Kier alpha value is -2.46. The quantitative estimate of drug-likeness (QED) is 0.300. The minimum absolute atomic E-state index is 0.00726. The highest BCUT2D eigenvalue weighted by atomic mass is 79.9. The van der Waals surface area contributed by atoms with Crippen molar-refractivity contribution in [2.75, 3.05) is 0 Å². The monoisotopic (exact) mass is 610 g/mol. The molecule has 210 valence electrons. The van der Waals surface area contributed by atoms with E-state index < -0.39 is 35.8 Å². The van der Waals surface area contributed by atoms with Gasteiger partial charge in [0.15, 0.2) is 0 Å². The van der Waals surface area contributed by atoms with Gasteiger partial charge in [0, 0.05) is 36.3 Å². The summed E-state index contributed by atoms with van der Waals surface area (Å²) in [4.78, 5) is 42.5. The summed E-state index contributed by atoms with van der Waals surface area (Å²) in [6.07, 6.45) is 6.60. The summed E-state index contributed by atoms with van der Waals surface area (Å²) >= 11 is 4.91. The van der Waals surface area contributed by atoms with Gasteiger partial charge in [0.25, 0.3) is 0 Å². The van der Waals surface area contributed by atoms with Crippen LogP contribution in [0.1, 0.15) is 84.3 Å². The van der Waals surface area contributed by atoms with Crippen LogP contribution in [0.25, 0.3) is 0 Å². The maximum Gasteiger partial charge on any atom is 0.407 e. The van der Waals surface area contributed by atoms with Gasteiger partial charge in [0.05, 0.1) is 17.1 Å². The van der Waals surface area contributed by atoms with Gasteiger partial charge in [0.1, 0.15) is 17.8 Å². The predicted octanol–water partition coefficient (Wildman–Crippen LogP) is 6.51. The highest BCUT2D eigenvalue weighted by Crippen LogP contribution is 2.26. The minimum atomic E-state index is -0.664. The van der Waals surface area contributed by atoms with Gasteiger partial charge in [-0.25, -0.2) is 14.6 Å². The fraction of sp³-hybridized carbons (Fsp3) is 0.571. The molecule has 10 heteroatoms. The first kappa shape index (κ1) is 31.8. The Kier molecular flexibility index (Phi) is 12.2. The van der Waals surface area contributed by atoms with Crippen LogP contribution >= 0.6 is 27.3 Å². The van der Waals surface area contributed by atoms with Crippen molar-refractivity contribution in [1.82, 2.24) is 10.3 Å². The van der Waals surface area contributed by atoms with Gasteiger partial charge < -0.3 is 19.5 Å². The summed E-state index contributed by atoms with van der Waals surface area (Å²) in [7, 11) is 0. The third-order valence-electron chi connectivity index (χ3n) is 5.46. The van der Waals surface area contributed by atoms with E-state index in [0.717, 1.165) is 20.8 Å². The Balaban J connectivity index is 2.33. The Labute approximate surface area is 238 Å². The van der Waals surface area contributed by atoms with Gasteiger partial charge in [-0.2, -0.15) is 0 Å². The number of amides is 1. The number of alkyl carbamates (subject to hydrolysis) is 1. The van der Waals surface area contributed by atoms with Crippen LogP contribution in [0.3, 0.4) is 0 Å². The summed E-state index contributed by atoms with van der Waals surface area (Å²) in [5.74, 6) is -0.924. The molecular weight excluding hydrogens is 572 g/mol. The van der Waals surface area contributed by atoms with Crippen LogP contribution in [0.2, 0.25) is 0 Å². The van der Waals surface area contributed by atoms with E-state index in [-0.39, 0.29) is 18.4 Å². The Bertz CT molecular complexity index is 1070. The molecule has 0 radical (unpaired) electrons. The average molecular weight is 612 g/mol. The molecule has 0 aliphatic carbocycles. The molecule has 1 aromatic heterocycles. The molecule has 2 rings (SSSR count). The average Bonchev–Trinajstić information content (AvgIpc) is 3.19. The van der Waals surface area contributed by atoms with Gasteiger partial charge >= 0.3 is 18.0 Å². The number of nitrogens with one attached hydrogen (secondary N) is 1. The molecule has 0 fully saturated rings. The largest absolute Gasteiger partial charge is 0.462 e. The van der Waals surface area contributed by atoms with Gasteiger partial charge in [-0.3, -0.25) is 4.79 Å². The van der Waals surface area contributed by atoms with E-state index in [1.165, 1.54) is 17.4 Å². The van der Waals surface area contributed by atoms with E-state index in [0.29, 0.717) is 19.3 Å². The number of fused-ring (bicyclic) bond motifs is 2. The van der Waals surface area contributed by atoms with Gasteiger partial charge in [-0.15, -0.1) is 11.3 Å². The number of halogens is 1. The van der Waals surface area contributed by atoms with Crippen LogP contribution in [0, 0.1) is 0 Å². The molecule has 0 spiro atoms. The van der Waals surface area contributed by atoms with Crippen LogP contribution in [-0.2, 0) is 30.2 Å². The molecule has 1 N–H and O–H groups in total. The van der Waals surface area contributed by atoms with E-state index in [1.807, 2.05) is 39.2 Å². The van der Waals surface area contributed by atoms with Crippen LogP contribution in [0.4, 0.5) is 4.79 Å². The second-order valence-corrected chi connectivity index (χ2v) is 12.9. The summed E-state index contributed by atoms with van der Waals surface area (Å²) in [5.41, 5.74) is 1.11. The first-order valence-electron chi connectivity index (χ1n) is 12.7. The zero-order valence-corrected chi connectivity index (χ0v) is 25.6. The predicted molar refractivity (Wildman–Crippen MR) is 152 cm³/mol. The van der Waals surface area contributed by atoms with Crippen LogP contribution in [0.15, 0.2) is 39.7 Å². The first-order valence-corrected chi connectivity index (χ1v) is 14.4. The number of carbonyl (C=O) groups is 3. The SMILES string of the molecule is C/C(Br)=C\[C@@H]1Cc2nc(cs2)[C@@H](C)C[C@@H](NC(=O)OC(C)(C)C)CC(=O)O[C@@H](C)C/C(C)=C/C=C\C(=O)O1. The molecule has 8 nitrogen and oxygen atoms in total. The second-order valence-electron chi connectivity index (χ2n) is 10.7. The van der Waals surface area contributed by atoms with Crippen molar-refractivity contribution in [2.45, 2.75) is 104 Å². The Morgan fingerprint density at radius 1 is 1.21 bits per heavy atom. The molecule has 0 saturated heterocycles. The molecule has 2 heterocycles. The lowest BCUT2D eigenvalue weighted by Gasteiger charge is -2.25. The summed E-state index contributed by atoms with van der Waals surface area (Å²) in [6, 6.07) is -0.501. The van der Waals surface area contributed by atoms with Crippen molar-refractivity contribution in [3.05, 3.63) is 50.4 Å². The van der Waals surface area contributed by atoms with Crippen molar-refractivity contribution in [3.63, 3.8) is 0 Å². The standard InChI is InChI=1S/C28H39BrN2O6S/c1-17-9-8-10-25(32)36-22(13-19(3)29)15-24-31-23(16-38-24)18(2)12-21(14-26(33)35-20(4)11-17)30-27(34)37-28(5,6)7/h8-10,13,16,18,20-22H,11-12,14-15H2,1-7H3,(H,30,34)/b10-8-,17-9+,19-13+/t18-,20-,21+,22+/m0/s1. The first-order chi connectivity index (χ1) is 17.7. The van der Waals surface area contributed by atoms with Crippen LogP contribution in [-0.4, -0.2) is 46.9 Å². The van der Waals surface area contributed by atoms with E-state index in [2.05, 4.69) is 21.2 Å². The molecule has 0 aromatic carbocycles. The lowest BCUT2D eigenvalue weighted by Crippen LogP contribution is -2.41. The van der Waals surface area contributed by atoms with Gasteiger partial charge in [0.2, 0.25) is 0 Å². The number of carbonyl (C=O) groups excluding carboxylic acids is 3. The van der Waals surface area contributed by atoms with Gasteiger partial charge in [-0.05, 0) is 58.5 Å². The molecule has 38 heavy (non-hydrogen) atoms. The molecule has 4 atom stereocenters. The number of rotatable bonds is 2. The topological polar surface area (TPSA) is 104 Å². The minimum Gasteiger partial charge on any atom is -0.462 e. The summed E-state index contributed by atoms with van der Waals surface area (Å²) < 4.78 is 17.6. The summed E-state index contributed by atoms with van der Waals surface area (Å²) in [6.45, 7) is 12.9. The van der Waals surface area contributed by atoms with Crippen molar-refractivity contribution < 1.29 is 28.6 Å². The smallest absolute Gasteiger partial charge is 0.407 e. The highest BCUT2D eigenvalue weighted by Gasteiger charge is 2.26. The lowest BCUT2D eigenvalue weighted by atomic mass is 9.97. The molecule has 1 amide bonds. The fourth-order valence-corrected chi connectivity index (χ4v) is 5.19. The summed E-state index contributed by atoms with van der Waals surface area (Å²) in [5, 5.41) is 5.62. The number of thiazole rings is 1. The molecule has 1 aromatic rings. The number of ether oxygens (including phenoxy) is 3. The van der Waals surface area contributed by atoms with E-state index in [9.17, 15) is 14.4 Å². The molecular formula is C28H39BrN2O6S. The fourth-order valence-electron chi connectivity index (χ4n) is 3.94. The van der Waals surface area contributed by atoms with E-state index >= 15 is 0 Å². The van der Waals surface area contributed by atoms with Crippen LogP contribution in [0.5, 0.6) is 0 Å².